The van der Waals surface area contributed by atoms with Crippen molar-refractivity contribution in [3.63, 3.8) is 0 Å². The molecular formula is C11H7F3N4O. The summed E-state index contributed by atoms with van der Waals surface area (Å²) in [6.07, 6.45) is -4.48. The minimum absolute atomic E-state index is 0.0583. The van der Waals surface area contributed by atoms with Crippen molar-refractivity contribution >= 4 is 11.7 Å². The number of nitrogens with zero attached hydrogens (tertiary/aromatic N) is 3. The second-order valence-electron chi connectivity index (χ2n) is 3.54. The Bertz CT molecular complexity index is 615. The van der Waals surface area contributed by atoms with Gasteiger partial charge in [-0.25, -0.2) is 0 Å². The smallest absolute Gasteiger partial charge is 0.407 e. The third-order valence-electron chi connectivity index (χ3n) is 2.14. The fraction of sp³-hybridized carbons (Fsp3) is 0.182. The molecule has 5 nitrogen and oxygen atoms in total. The SMILES string of the molecule is N#CCc1nnc(Nc2cccc(C(F)(F)F)c2)o1. The lowest BCUT2D eigenvalue weighted by Crippen LogP contribution is -2.05. The van der Waals surface area contributed by atoms with E-state index in [0.29, 0.717) is 0 Å². The van der Waals surface area contributed by atoms with Crippen molar-refractivity contribution in [3.8, 4) is 6.07 Å². The van der Waals surface area contributed by atoms with Crippen LogP contribution in [-0.2, 0) is 12.6 Å². The van der Waals surface area contributed by atoms with Gasteiger partial charge in [-0.05, 0) is 18.2 Å². The van der Waals surface area contributed by atoms with E-state index in [0.717, 1.165) is 12.1 Å². The van der Waals surface area contributed by atoms with Gasteiger partial charge in [0, 0.05) is 5.69 Å². The maximum Gasteiger partial charge on any atom is 0.416 e. The number of hydrogen-bond donors (Lipinski definition) is 1. The van der Waals surface area contributed by atoms with Crippen molar-refractivity contribution in [3.05, 3.63) is 35.7 Å². The molecule has 2 rings (SSSR count). The summed E-state index contributed by atoms with van der Waals surface area (Å²) < 4.78 is 42.5. The average Bonchev–Trinajstić information content (AvgIpc) is 2.76. The quantitative estimate of drug-likeness (QED) is 0.926. The van der Waals surface area contributed by atoms with Gasteiger partial charge in [-0.15, -0.1) is 5.10 Å². The van der Waals surface area contributed by atoms with Crippen LogP contribution in [0.1, 0.15) is 11.5 Å². The summed E-state index contributed by atoms with van der Waals surface area (Å²) >= 11 is 0. The van der Waals surface area contributed by atoms with Crippen LogP contribution < -0.4 is 5.32 Å². The topological polar surface area (TPSA) is 74.7 Å². The molecule has 0 atom stereocenters. The van der Waals surface area contributed by atoms with Gasteiger partial charge in [-0.1, -0.05) is 11.2 Å². The first kappa shape index (κ1) is 12.9. The van der Waals surface area contributed by atoms with Crippen LogP contribution in [-0.4, -0.2) is 10.2 Å². The van der Waals surface area contributed by atoms with E-state index in [1.165, 1.54) is 12.1 Å². The lowest BCUT2D eigenvalue weighted by Gasteiger charge is -2.08. The fourth-order valence-corrected chi connectivity index (χ4v) is 1.34. The lowest BCUT2D eigenvalue weighted by molar-refractivity contribution is -0.137. The van der Waals surface area contributed by atoms with Gasteiger partial charge in [0.25, 0.3) is 0 Å². The van der Waals surface area contributed by atoms with E-state index < -0.39 is 11.7 Å². The van der Waals surface area contributed by atoms with Gasteiger partial charge in [0.1, 0.15) is 6.42 Å². The molecular weight excluding hydrogens is 261 g/mol. The largest absolute Gasteiger partial charge is 0.416 e. The standard InChI is InChI=1S/C11H7F3N4O/c12-11(13,14)7-2-1-3-8(6-7)16-10-18-17-9(19-10)4-5-15/h1-3,6H,4H2,(H,16,18). The molecule has 0 aliphatic rings. The first-order valence-electron chi connectivity index (χ1n) is 5.12. The normalized spacial score (nSPS) is 11.1. The summed E-state index contributed by atoms with van der Waals surface area (Å²) in [4.78, 5) is 0. The Kier molecular flexibility index (Phi) is 3.37. The zero-order valence-electron chi connectivity index (χ0n) is 9.40. The Morgan fingerprint density at radius 1 is 1.32 bits per heavy atom. The molecule has 0 fully saturated rings. The van der Waals surface area contributed by atoms with E-state index in [1.54, 1.807) is 0 Å². The third-order valence-corrected chi connectivity index (χ3v) is 2.14. The van der Waals surface area contributed by atoms with Crippen molar-refractivity contribution < 1.29 is 17.6 Å². The summed E-state index contributed by atoms with van der Waals surface area (Å²) in [5.41, 5.74) is -0.615. The van der Waals surface area contributed by atoms with Gasteiger partial charge >= 0.3 is 12.2 Å². The number of benzene rings is 1. The van der Waals surface area contributed by atoms with Crippen LogP contribution in [0.2, 0.25) is 0 Å². The molecule has 0 amide bonds. The molecule has 98 valence electrons. The molecule has 19 heavy (non-hydrogen) atoms. The van der Waals surface area contributed by atoms with Gasteiger partial charge < -0.3 is 9.73 Å². The second-order valence-corrected chi connectivity index (χ2v) is 3.54. The minimum atomic E-state index is -4.42. The number of alkyl halides is 3. The first-order valence-corrected chi connectivity index (χ1v) is 5.12. The molecule has 0 radical (unpaired) electrons. The molecule has 0 saturated heterocycles. The van der Waals surface area contributed by atoms with Gasteiger partial charge in [0.2, 0.25) is 5.89 Å². The third kappa shape index (κ3) is 3.22. The summed E-state index contributed by atoms with van der Waals surface area (Å²) in [5.74, 6) is 0.0944. The number of rotatable bonds is 3. The predicted molar refractivity (Wildman–Crippen MR) is 58.3 cm³/mol. The van der Waals surface area contributed by atoms with Crippen LogP contribution >= 0.6 is 0 Å². The van der Waals surface area contributed by atoms with Crippen molar-refractivity contribution in [2.75, 3.05) is 5.32 Å². The van der Waals surface area contributed by atoms with Crippen LogP contribution in [0.25, 0.3) is 0 Å². The van der Waals surface area contributed by atoms with Crippen molar-refractivity contribution in [2.24, 2.45) is 0 Å². The van der Waals surface area contributed by atoms with Gasteiger partial charge in [-0.2, -0.15) is 18.4 Å². The molecule has 0 aliphatic heterocycles. The van der Waals surface area contributed by atoms with Gasteiger partial charge in [-0.3, -0.25) is 0 Å². The van der Waals surface area contributed by atoms with Crippen LogP contribution in [0.4, 0.5) is 24.9 Å². The summed E-state index contributed by atoms with van der Waals surface area (Å²) in [6, 6.07) is 6.33. The average molecular weight is 268 g/mol. The number of halogens is 3. The second kappa shape index (κ2) is 4.97. The van der Waals surface area contributed by atoms with Crippen LogP contribution in [0.15, 0.2) is 28.7 Å². The zero-order chi connectivity index (χ0) is 13.9. The molecule has 1 aromatic carbocycles. The maximum absolute atomic E-state index is 12.5. The molecule has 0 unspecified atom stereocenters. The fourth-order valence-electron chi connectivity index (χ4n) is 1.34. The van der Waals surface area contributed by atoms with Crippen molar-refractivity contribution in [2.45, 2.75) is 12.6 Å². The summed E-state index contributed by atoms with van der Waals surface area (Å²) in [7, 11) is 0. The van der Waals surface area contributed by atoms with E-state index in [9.17, 15) is 13.2 Å². The minimum Gasteiger partial charge on any atom is -0.407 e. The predicted octanol–water partition coefficient (Wildman–Crippen LogP) is 2.90. The van der Waals surface area contributed by atoms with Crippen molar-refractivity contribution in [1.29, 1.82) is 5.26 Å². The Morgan fingerprint density at radius 3 is 2.79 bits per heavy atom. The number of anilines is 2. The highest BCUT2D eigenvalue weighted by Crippen LogP contribution is 2.31. The Balaban J connectivity index is 2.17. The lowest BCUT2D eigenvalue weighted by atomic mass is 10.2. The molecule has 1 aromatic heterocycles. The van der Waals surface area contributed by atoms with Crippen molar-refractivity contribution in [1.82, 2.24) is 10.2 Å². The van der Waals surface area contributed by atoms with Crippen LogP contribution in [0.5, 0.6) is 0 Å². The molecule has 1 heterocycles. The van der Waals surface area contributed by atoms with E-state index in [4.69, 9.17) is 9.68 Å². The molecule has 0 bridgehead atoms. The van der Waals surface area contributed by atoms with E-state index >= 15 is 0 Å². The molecule has 0 saturated carbocycles. The number of hydrogen-bond acceptors (Lipinski definition) is 5. The molecule has 0 spiro atoms. The summed E-state index contributed by atoms with van der Waals surface area (Å²) in [5, 5.41) is 18.1. The molecule has 2 aromatic rings. The van der Waals surface area contributed by atoms with E-state index in [1.807, 2.05) is 6.07 Å². The molecule has 8 heteroatoms. The number of nitriles is 1. The number of aromatic nitrogens is 2. The summed E-state index contributed by atoms with van der Waals surface area (Å²) in [6.45, 7) is 0. The highest BCUT2D eigenvalue weighted by atomic mass is 19.4. The molecule has 1 N–H and O–H groups in total. The highest BCUT2D eigenvalue weighted by Gasteiger charge is 2.30. The van der Waals surface area contributed by atoms with Crippen LogP contribution in [0, 0.1) is 11.3 Å². The first-order chi connectivity index (χ1) is 8.99. The molecule has 0 aliphatic carbocycles. The van der Waals surface area contributed by atoms with E-state index in [-0.39, 0.29) is 24.0 Å². The highest BCUT2D eigenvalue weighted by molar-refractivity contribution is 5.53. The Morgan fingerprint density at radius 2 is 2.11 bits per heavy atom. The van der Waals surface area contributed by atoms with Gasteiger partial charge in [0.15, 0.2) is 0 Å². The maximum atomic E-state index is 12.5. The monoisotopic (exact) mass is 268 g/mol. The number of nitrogens with one attached hydrogen (secondary N) is 1. The zero-order valence-corrected chi connectivity index (χ0v) is 9.40. The van der Waals surface area contributed by atoms with Gasteiger partial charge in [0.05, 0.1) is 11.6 Å². The van der Waals surface area contributed by atoms with E-state index in [2.05, 4.69) is 15.5 Å². The Labute approximate surface area is 105 Å². The van der Waals surface area contributed by atoms with Crippen LogP contribution in [0.3, 0.4) is 0 Å². The Hall–Kier alpha value is -2.56.